The molecule has 0 radical (unpaired) electrons. The molecule has 136 valence electrons. The van der Waals surface area contributed by atoms with Crippen LogP contribution in [0.15, 0.2) is 23.3 Å². The van der Waals surface area contributed by atoms with Crippen LogP contribution in [0, 0.1) is 6.92 Å². The van der Waals surface area contributed by atoms with E-state index in [0.29, 0.717) is 17.6 Å². The molecule has 0 aromatic carbocycles. The molecule has 9 heteroatoms. The van der Waals surface area contributed by atoms with Crippen molar-refractivity contribution >= 4 is 22.9 Å². The van der Waals surface area contributed by atoms with E-state index < -0.39 is 0 Å². The Morgan fingerprint density at radius 3 is 2.38 bits per heavy atom. The Morgan fingerprint density at radius 1 is 1.08 bits per heavy atom. The molecule has 0 saturated carbocycles. The predicted octanol–water partition coefficient (Wildman–Crippen LogP) is 0.575. The molecule has 9 nitrogen and oxygen atoms in total. The number of rotatable bonds is 3. The van der Waals surface area contributed by atoms with E-state index in [2.05, 4.69) is 24.9 Å². The van der Waals surface area contributed by atoms with Gasteiger partial charge in [0.1, 0.15) is 5.52 Å². The van der Waals surface area contributed by atoms with Crippen LogP contribution in [-0.4, -0.2) is 55.5 Å². The summed E-state index contributed by atoms with van der Waals surface area (Å²) in [6.45, 7) is 7.52. The molecule has 1 fully saturated rings. The number of fused-ring (bicyclic) bond motifs is 1. The summed E-state index contributed by atoms with van der Waals surface area (Å²) in [5, 5.41) is 4.36. The number of nitrogens with zero attached hydrogens (tertiary/aromatic N) is 8. The van der Waals surface area contributed by atoms with E-state index >= 15 is 0 Å². The zero-order valence-electron chi connectivity index (χ0n) is 15.3. The van der Waals surface area contributed by atoms with E-state index in [1.807, 2.05) is 19.9 Å². The van der Waals surface area contributed by atoms with Gasteiger partial charge >= 0.3 is 0 Å². The van der Waals surface area contributed by atoms with E-state index in [0.717, 1.165) is 43.8 Å². The van der Waals surface area contributed by atoms with Gasteiger partial charge in [-0.25, -0.2) is 15.0 Å². The SMILES string of the molecule is CCn1c(N2CCN(c3ncccn3)CC2)nc2c(C)nn(C)c2c1=O. The first-order valence-electron chi connectivity index (χ1n) is 8.81. The zero-order chi connectivity index (χ0) is 18.3. The molecule has 3 aromatic rings. The third-order valence-corrected chi connectivity index (χ3v) is 4.81. The Hall–Kier alpha value is -2.97. The van der Waals surface area contributed by atoms with Crippen LogP contribution in [0.2, 0.25) is 0 Å². The van der Waals surface area contributed by atoms with Crippen LogP contribution in [0.3, 0.4) is 0 Å². The zero-order valence-corrected chi connectivity index (χ0v) is 15.3. The molecule has 0 spiro atoms. The number of piperazine rings is 1. The van der Waals surface area contributed by atoms with Crippen molar-refractivity contribution in [1.82, 2.24) is 29.3 Å². The summed E-state index contributed by atoms with van der Waals surface area (Å²) in [6.07, 6.45) is 3.51. The summed E-state index contributed by atoms with van der Waals surface area (Å²) in [5.41, 5.74) is 1.99. The first-order valence-corrected chi connectivity index (χ1v) is 8.81. The summed E-state index contributed by atoms with van der Waals surface area (Å²) < 4.78 is 3.36. The lowest BCUT2D eigenvalue weighted by atomic mass is 10.3. The topological polar surface area (TPSA) is 85.0 Å². The second-order valence-electron chi connectivity index (χ2n) is 6.39. The Morgan fingerprint density at radius 2 is 1.73 bits per heavy atom. The Labute approximate surface area is 150 Å². The number of hydrogen-bond donors (Lipinski definition) is 0. The largest absolute Gasteiger partial charge is 0.339 e. The molecule has 1 saturated heterocycles. The van der Waals surface area contributed by atoms with Crippen LogP contribution < -0.4 is 15.4 Å². The van der Waals surface area contributed by atoms with Crippen molar-refractivity contribution in [2.75, 3.05) is 36.0 Å². The van der Waals surface area contributed by atoms with Gasteiger partial charge in [0.05, 0.1) is 5.69 Å². The van der Waals surface area contributed by atoms with Crippen molar-refractivity contribution in [3.63, 3.8) is 0 Å². The molecule has 3 aromatic heterocycles. The molecule has 1 aliphatic rings. The van der Waals surface area contributed by atoms with E-state index in [-0.39, 0.29) is 5.56 Å². The summed E-state index contributed by atoms with van der Waals surface area (Å²) in [7, 11) is 1.79. The van der Waals surface area contributed by atoms with E-state index in [4.69, 9.17) is 4.98 Å². The smallest absolute Gasteiger partial charge is 0.281 e. The summed E-state index contributed by atoms with van der Waals surface area (Å²) in [6, 6.07) is 1.81. The number of anilines is 2. The highest BCUT2D eigenvalue weighted by Gasteiger charge is 2.24. The molecule has 0 unspecified atom stereocenters. The average Bonchev–Trinajstić information content (AvgIpc) is 2.96. The molecule has 0 aliphatic carbocycles. The Kier molecular flexibility index (Phi) is 4.06. The second-order valence-corrected chi connectivity index (χ2v) is 6.39. The van der Waals surface area contributed by atoms with Crippen LogP contribution in [0.1, 0.15) is 12.6 Å². The fraction of sp³-hybridized carbons (Fsp3) is 0.471. The molecule has 4 rings (SSSR count). The molecule has 0 amide bonds. The molecule has 0 atom stereocenters. The summed E-state index contributed by atoms with van der Waals surface area (Å²) >= 11 is 0. The maximum atomic E-state index is 12.9. The third-order valence-electron chi connectivity index (χ3n) is 4.81. The molecule has 4 heterocycles. The van der Waals surface area contributed by atoms with Gasteiger partial charge in [-0.15, -0.1) is 0 Å². The normalized spacial score (nSPS) is 15.0. The average molecular weight is 354 g/mol. The molecular weight excluding hydrogens is 332 g/mol. The molecular formula is C17H22N8O. The summed E-state index contributed by atoms with van der Waals surface area (Å²) in [5.74, 6) is 1.46. The molecule has 26 heavy (non-hydrogen) atoms. The van der Waals surface area contributed by atoms with Crippen LogP contribution >= 0.6 is 0 Å². The maximum Gasteiger partial charge on any atom is 0.281 e. The second kappa shape index (κ2) is 6.40. The van der Waals surface area contributed by atoms with Gasteiger partial charge in [-0.1, -0.05) is 0 Å². The molecule has 1 aliphatic heterocycles. The minimum atomic E-state index is -0.0376. The maximum absolute atomic E-state index is 12.9. The molecule has 0 N–H and O–H groups in total. The first kappa shape index (κ1) is 16.5. The highest BCUT2D eigenvalue weighted by atomic mass is 16.1. The van der Waals surface area contributed by atoms with Gasteiger partial charge < -0.3 is 9.80 Å². The standard InChI is InChI=1S/C17H22N8O/c1-4-25-15(26)14-13(12(2)21-22(14)3)20-17(25)24-10-8-23(9-11-24)16-18-6-5-7-19-16/h5-7H,4,8-11H2,1-3H3. The quantitative estimate of drug-likeness (QED) is 0.680. The fourth-order valence-corrected chi connectivity index (χ4v) is 3.49. The Balaban J connectivity index is 1.67. The van der Waals surface area contributed by atoms with Gasteiger partial charge in [0.15, 0.2) is 5.52 Å². The highest BCUT2D eigenvalue weighted by Crippen LogP contribution is 2.19. The van der Waals surface area contributed by atoms with E-state index in [9.17, 15) is 4.79 Å². The number of aromatic nitrogens is 6. The lowest BCUT2D eigenvalue weighted by molar-refractivity contribution is 0.597. The van der Waals surface area contributed by atoms with Gasteiger partial charge in [-0.2, -0.15) is 5.10 Å². The van der Waals surface area contributed by atoms with Crippen LogP contribution in [-0.2, 0) is 13.6 Å². The Bertz CT molecular complexity index is 985. The lowest BCUT2D eigenvalue weighted by Crippen LogP contribution is -2.49. The predicted molar refractivity (Wildman–Crippen MR) is 99.6 cm³/mol. The van der Waals surface area contributed by atoms with Crippen LogP contribution in [0.25, 0.3) is 11.0 Å². The third kappa shape index (κ3) is 2.59. The number of aryl methyl sites for hydroxylation is 2. The van der Waals surface area contributed by atoms with Gasteiger partial charge in [0.2, 0.25) is 11.9 Å². The lowest BCUT2D eigenvalue weighted by Gasteiger charge is -2.36. The van der Waals surface area contributed by atoms with Gasteiger partial charge in [0.25, 0.3) is 5.56 Å². The van der Waals surface area contributed by atoms with Crippen molar-refractivity contribution in [2.24, 2.45) is 7.05 Å². The van der Waals surface area contributed by atoms with Crippen molar-refractivity contribution < 1.29 is 0 Å². The van der Waals surface area contributed by atoms with Crippen LogP contribution in [0.5, 0.6) is 0 Å². The van der Waals surface area contributed by atoms with E-state index in [1.165, 1.54) is 0 Å². The summed E-state index contributed by atoms with van der Waals surface area (Å²) in [4.78, 5) is 30.7. The first-order chi connectivity index (χ1) is 12.6. The minimum Gasteiger partial charge on any atom is -0.339 e. The van der Waals surface area contributed by atoms with Crippen molar-refractivity contribution in [3.05, 3.63) is 34.5 Å². The van der Waals surface area contributed by atoms with Gasteiger partial charge in [-0.05, 0) is 19.9 Å². The monoisotopic (exact) mass is 354 g/mol. The fourth-order valence-electron chi connectivity index (χ4n) is 3.49. The minimum absolute atomic E-state index is 0.0376. The van der Waals surface area contributed by atoms with E-state index in [1.54, 1.807) is 28.7 Å². The molecule has 0 bridgehead atoms. The van der Waals surface area contributed by atoms with Crippen molar-refractivity contribution in [1.29, 1.82) is 0 Å². The van der Waals surface area contributed by atoms with Crippen LogP contribution in [0.4, 0.5) is 11.9 Å². The highest BCUT2D eigenvalue weighted by molar-refractivity contribution is 5.77. The van der Waals surface area contributed by atoms with Crippen molar-refractivity contribution in [3.8, 4) is 0 Å². The van der Waals surface area contributed by atoms with Crippen molar-refractivity contribution in [2.45, 2.75) is 20.4 Å². The van der Waals surface area contributed by atoms with Gasteiger partial charge in [-0.3, -0.25) is 14.0 Å². The van der Waals surface area contributed by atoms with Gasteiger partial charge in [0, 0.05) is 52.2 Å². The number of hydrogen-bond acceptors (Lipinski definition) is 7.